The predicted octanol–water partition coefficient (Wildman–Crippen LogP) is 0.463. The molecule has 0 aliphatic carbocycles. The molecule has 0 radical (unpaired) electrons. The highest BCUT2D eigenvalue weighted by Gasteiger charge is 2.04. The SMILES string of the molecule is CCCCO[SiH2]C(OC)OC. The van der Waals surface area contributed by atoms with Gasteiger partial charge >= 0.3 is 0 Å². The number of hydrogen-bond acceptors (Lipinski definition) is 3. The molecule has 0 spiro atoms. The number of methoxy groups -OCH3 is 2. The van der Waals surface area contributed by atoms with Gasteiger partial charge in [0.1, 0.15) is 0 Å². The second kappa shape index (κ2) is 8.20. The second-order valence-electron chi connectivity index (χ2n) is 2.33. The summed E-state index contributed by atoms with van der Waals surface area (Å²) in [7, 11) is 2.65. The van der Waals surface area contributed by atoms with E-state index >= 15 is 0 Å². The Morgan fingerprint density at radius 3 is 2.36 bits per heavy atom. The van der Waals surface area contributed by atoms with Crippen LogP contribution in [0.4, 0.5) is 0 Å². The van der Waals surface area contributed by atoms with Crippen molar-refractivity contribution in [3.8, 4) is 0 Å². The first-order chi connectivity index (χ1) is 5.35. The van der Waals surface area contributed by atoms with E-state index in [0.717, 1.165) is 13.0 Å². The first-order valence-corrected chi connectivity index (χ1v) is 5.37. The predicted molar refractivity (Wildman–Crippen MR) is 47.2 cm³/mol. The summed E-state index contributed by atoms with van der Waals surface area (Å²) in [5.41, 5.74) is 0. The molecule has 68 valence electrons. The van der Waals surface area contributed by atoms with E-state index in [2.05, 4.69) is 6.92 Å². The molecule has 0 aliphatic rings. The Morgan fingerprint density at radius 1 is 1.27 bits per heavy atom. The van der Waals surface area contributed by atoms with Crippen molar-refractivity contribution in [1.29, 1.82) is 0 Å². The molecule has 0 heterocycles. The van der Waals surface area contributed by atoms with E-state index in [1.54, 1.807) is 14.2 Å². The van der Waals surface area contributed by atoms with Crippen LogP contribution in [0.15, 0.2) is 0 Å². The minimum Gasteiger partial charge on any atom is -0.418 e. The molecule has 0 atom stereocenters. The molecular weight excluding hydrogens is 160 g/mol. The molecule has 4 heteroatoms. The zero-order valence-electron chi connectivity index (χ0n) is 7.63. The highest BCUT2D eigenvalue weighted by molar-refractivity contribution is 6.28. The normalized spacial score (nSPS) is 12.0. The van der Waals surface area contributed by atoms with E-state index in [9.17, 15) is 0 Å². The fourth-order valence-corrected chi connectivity index (χ4v) is 1.49. The fourth-order valence-electron chi connectivity index (χ4n) is 0.658. The van der Waals surface area contributed by atoms with Gasteiger partial charge in [0.25, 0.3) is 0 Å². The van der Waals surface area contributed by atoms with E-state index in [4.69, 9.17) is 13.9 Å². The fraction of sp³-hybridized carbons (Fsp3) is 1.00. The third-order valence-electron chi connectivity index (χ3n) is 1.42. The number of rotatable bonds is 7. The average Bonchev–Trinajstić information content (AvgIpc) is 2.05. The van der Waals surface area contributed by atoms with Gasteiger partial charge in [0, 0.05) is 20.8 Å². The molecule has 3 nitrogen and oxygen atoms in total. The summed E-state index contributed by atoms with van der Waals surface area (Å²) < 4.78 is 15.4. The largest absolute Gasteiger partial charge is 0.418 e. The third-order valence-corrected chi connectivity index (χ3v) is 2.89. The molecule has 0 N–H and O–H groups in total. The van der Waals surface area contributed by atoms with Crippen LogP contribution in [0.1, 0.15) is 19.8 Å². The lowest BCUT2D eigenvalue weighted by molar-refractivity contribution is -0.0527. The quantitative estimate of drug-likeness (QED) is 0.322. The Kier molecular flexibility index (Phi) is 8.27. The smallest absolute Gasteiger partial charge is 0.223 e. The lowest BCUT2D eigenvalue weighted by atomic mass is 10.4. The van der Waals surface area contributed by atoms with Gasteiger partial charge in [0.05, 0.1) is 0 Å². The van der Waals surface area contributed by atoms with Gasteiger partial charge in [0.2, 0.25) is 9.76 Å². The van der Waals surface area contributed by atoms with E-state index < -0.39 is 9.76 Å². The summed E-state index contributed by atoms with van der Waals surface area (Å²) in [4.78, 5) is 0. The molecule has 0 aliphatic heterocycles. The molecule has 0 rings (SSSR count). The van der Waals surface area contributed by atoms with Gasteiger partial charge in [0.15, 0.2) is 5.91 Å². The van der Waals surface area contributed by atoms with E-state index in [0.29, 0.717) is 0 Å². The van der Waals surface area contributed by atoms with Crippen LogP contribution >= 0.6 is 0 Å². The van der Waals surface area contributed by atoms with Gasteiger partial charge in [-0.05, 0) is 6.42 Å². The highest BCUT2D eigenvalue weighted by atomic mass is 28.2. The highest BCUT2D eigenvalue weighted by Crippen LogP contribution is 1.91. The maximum atomic E-state index is 5.41. The van der Waals surface area contributed by atoms with Crippen LogP contribution in [-0.4, -0.2) is 36.5 Å². The van der Waals surface area contributed by atoms with Crippen molar-refractivity contribution in [1.82, 2.24) is 0 Å². The van der Waals surface area contributed by atoms with Crippen molar-refractivity contribution in [2.45, 2.75) is 25.7 Å². The van der Waals surface area contributed by atoms with Crippen LogP contribution in [0.2, 0.25) is 0 Å². The van der Waals surface area contributed by atoms with Crippen molar-refractivity contribution in [3.05, 3.63) is 0 Å². The summed E-state index contributed by atoms with van der Waals surface area (Å²) in [5.74, 6) is -0.0770. The number of hydrogen-bond donors (Lipinski definition) is 0. The van der Waals surface area contributed by atoms with Crippen molar-refractivity contribution >= 4 is 9.76 Å². The third kappa shape index (κ3) is 6.49. The minimum atomic E-state index is -0.640. The van der Waals surface area contributed by atoms with Crippen LogP contribution in [0.5, 0.6) is 0 Å². The van der Waals surface area contributed by atoms with Crippen LogP contribution < -0.4 is 0 Å². The Hall–Kier alpha value is 0.0969. The van der Waals surface area contributed by atoms with Crippen molar-refractivity contribution in [3.63, 3.8) is 0 Å². The van der Waals surface area contributed by atoms with E-state index in [-0.39, 0.29) is 5.91 Å². The first-order valence-electron chi connectivity index (χ1n) is 3.98. The molecule has 0 aromatic heterocycles. The van der Waals surface area contributed by atoms with Crippen LogP contribution in [0, 0.1) is 0 Å². The number of unbranched alkanes of at least 4 members (excludes halogenated alkanes) is 1. The summed E-state index contributed by atoms with van der Waals surface area (Å²) >= 11 is 0. The van der Waals surface area contributed by atoms with Gasteiger partial charge in [-0.1, -0.05) is 13.3 Å². The van der Waals surface area contributed by atoms with Gasteiger partial charge in [-0.25, -0.2) is 0 Å². The van der Waals surface area contributed by atoms with Gasteiger partial charge in [-0.15, -0.1) is 0 Å². The average molecular weight is 178 g/mol. The summed E-state index contributed by atoms with van der Waals surface area (Å²) in [6.07, 6.45) is 2.31. The zero-order chi connectivity index (χ0) is 8.53. The lowest BCUT2D eigenvalue weighted by Gasteiger charge is -2.12. The minimum absolute atomic E-state index is 0.0770. The second-order valence-corrected chi connectivity index (χ2v) is 3.74. The van der Waals surface area contributed by atoms with Crippen LogP contribution in [-0.2, 0) is 13.9 Å². The molecule has 0 amide bonds. The zero-order valence-corrected chi connectivity index (χ0v) is 9.04. The molecule has 11 heavy (non-hydrogen) atoms. The Balaban J connectivity index is 3.07. The summed E-state index contributed by atoms with van der Waals surface area (Å²) in [5, 5.41) is 0. The molecular formula is C7H18O3Si. The maximum absolute atomic E-state index is 5.41. The first kappa shape index (κ1) is 11.1. The number of ether oxygens (including phenoxy) is 2. The van der Waals surface area contributed by atoms with Gasteiger partial charge in [-0.2, -0.15) is 0 Å². The Labute approximate surface area is 71.0 Å². The van der Waals surface area contributed by atoms with E-state index in [1.807, 2.05) is 0 Å². The van der Waals surface area contributed by atoms with Gasteiger partial charge in [-0.3, -0.25) is 0 Å². The Morgan fingerprint density at radius 2 is 1.91 bits per heavy atom. The Bertz CT molecular complexity index is 76.1. The maximum Gasteiger partial charge on any atom is 0.223 e. The molecule has 0 fully saturated rings. The van der Waals surface area contributed by atoms with Crippen LogP contribution in [0.3, 0.4) is 0 Å². The molecule has 0 saturated carbocycles. The molecule has 0 aromatic rings. The molecule has 0 aromatic carbocycles. The standard InChI is InChI=1S/C7H18O3Si/c1-4-5-6-10-11-7(8-2)9-3/h7H,4-6,11H2,1-3H3. The lowest BCUT2D eigenvalue weighted by Crippen LogP contribution is -2.24. The summed E-state index contributed by atoms with van der Waals surface area (Å²) in [6, 6.07) is 0. The topological polar surface area (TPSA) is 27.7 Å². The monoisotopic (exact) mass is 178 g/mol. The molecule has 0 bridgehead atoms. The molecule has 0 unspecified atom stereocenters. The van der Waals surface area contributed by atoms with Crippen molar-refractivity contribution in [2.24, 2.45) is 0 Å². The van der Waals surface area contributed by atoms with Crippen molar-refractivity contribution < 1.29 is 13.9 Å². The molecule has 0 saturated heterocycles. The van der Waals surface area contributed by atoms with Crippen molar-refractivity contribution in [2.75, 3.05) is 20.8 Å². The van der Waals surface area contributed by atoms with E-state index in [1.165, 1.54) is 6.42 Å². The van der Waals surface area contributed by atoms with Crippen LogP contribution in [0.25, 0.3) is 0 Å². The summed E-state index contributed by atoms with van der Waals surface area (Å²) in [6.45, 7) is 3.00. The van der Waals surface area contributed by atoms with Gasteiger partial charge < -0.3 is 13.9 Å².